The van der Waals surface area contributed by atoms with Crippen molar-refractivity contribution in [1.29, 1.82) is 0 Å². The Morgan fingerprint density at radius 2 is 2.17 bits per heavy atom. The summed E-state index contributed by atoms with van der Waals surface area (Å²) in [7, 11) is 1.79. The van der Waals surface area contributed by atoms with Gasteiger partial charge in [-0.1, -0.05) is 12.2 Å². The number of thiocarbonyl (C=S) groups is 1. The highest BCUT2D eigenvalue weighted by molar-refractivity contribution is 7.99. The summed E-state index contributed by atoms with van der Waals surface area (Å²) in [6.07, 6.45) is 0.985. The highest BCUT2D eigenvalue weighted by Crippen LogP contribution is 2.29. The molecular weight excluding hydrogens is 274 g/mol. The summed E-state index contributed by atoms with van der Waals surface area (Å²) < 4.78 is 27.8. The third kappa shape index (κ3) is 2.44. The van der Waals surface area contributed by atoms with Crippen LogP contribution in [-0.4, -0.2) is 29.6 Å². The summed E-state index contributed by atoms with van der Waals surface area (Å²) >= 11 is 6.50. The van der Waals surface area contributed by atoms with E-state index in [1.54, 1.807) is 11.9 Å². The molecule has 0 saturated carbocycles. The number of anilines is 1. The van der Waals surface area contributed by atoms with Gasteiger partial charge in [0.1, 0.15) is 4.99 Å². The Hall–Kier alpha value is -0.880. The van der Waals surface area contributed by atoms with E-state index in [-0.39, 0.29) is 22.3 Å². The second-order valence-corrected chi connectivity index (χ2v) is 5.84. The van der Waals surface area contributed by atoms with E-state index in [9.17, 15) is 8.78 Å². The maximum absolute atomic E-state index is 14.0. The van der Waals surface area contributed by atoms with Crippen LogP contribution in [0.4, 0.5) is 14.5 Å². The normalized spacial score (nSPS) is 18.9. The molecule has 1 aliphatic rings. The molecule has 18 heavy (non-hydrogen) atoms. The minimum Gasteiger partial charge on any atom is -0.389 e. The van der Waals surface area contributed by atoms with Gasteiger partial charge in [0.15, 0.2) is 11.6 Å². The molecule has 0 aliphatic carbocycles. The predicted molar refractivity (Wildman–Crippen MR) is 76.4 cm³/mol. The Kier molecular flexibility index (Phi) is 4.07. The summed E-state index contributed by atoms with van der Waals surface area (Å²) in [4.78, 5) is 1.67. The van der Waals surface area contributed by atoms with Gasteiger partial charge >= 0.3 is 0 Å². The quantitative estimate of drug-likeness (QED) is 0.866. The molecule has 0 amide bonds. The number of rotatable bonds is 3. The fraction of sp³-hybridized carbons (Fsp3) is 0.417. The maximum Gasteiger partial charge on any atom is 0.182 e. The van der Waals surface area contributed by atoms with E-state index >= 15 is 0 Å². The molecule has 1 unspecified atom stereocenters. The molecule has 0 aromatic heterocycles. The van der Waals surface area contributed by atoms with Crippen molar-refractivity contribution in [2.24, 2.45) is 5.73 Å². The van der Waals surface area contributed by atoms with Crippen molar-refractivity contribution in [1.82, 2.24) is 0 Å². The molecule has 1 fully saturated rings. The molecule has 1 aromatic rings. The van der Waals surface area contributed by atoms with Crippen LogP contribution >= 0.6 is 24.0 Å². The predicted octanol–water partition coefficient (Wildman–Crippen LogP) is 2.54. The smallest absolute Gasteiger partial charge is 0.182 e. The summed E-state index contributed by atoms with van der Waals surface area (Å²) in [5.74, 6) is 0.163. The molecule has 2 rings (SSSR count). The van der Waals surface area contributed by atoms with Crippen LogP contribution in [0.15, 0.2) is 12.1 Å². The second-order valence-electron chi connectivity index (χ2n) is 4.25. The average molecular weight is 288 g/mol. The van der Waals surface area contributed by atoms with Crippen LogP contribution in [0.2, 0.25) is 0 Å². The SMILES string of the molecule is CN(c1ccc(C(N)=S)c(F)c1F)C1CCSC1. The van der Waals surface area contributed by atoms with Crippen LogP contribution in [0.3, 0.4) is 0 Å². The Morgan fingerprint density at radius 3 is 2.72 bits per heavy atom. The van der Waals surface area contributed by atoms with E-state index in [2.05, 4.69) is 12.2 Å². The highest BCUT2D eigenvalue weighted by Gasteiger charge is 2.24. The largest absolute Gasteiger partial charge is 0.389 e. The van der Waals surface area contributed by atoms with Gasteiger partial charge in [0.05, 0.1) is 5.69 Å². The molecule has 0 radical (unpaired) electrons. The lowest BCUT2D eigenvalue weighted by Gasteiger charge is -2.26. The number of nitrogens with zero attached hydrogens (tertiary/aromatic N) is 1. The van der Waals surface area contributed by atoms with Crippen LogP contribution in [0.5, 0.6) is 0 Å². The van der Waals surface area contributed by atoms with Crippen LogP contribution in [0.1, 0.15) is 12.0 Å². The van der Waals surface area contributed by atoms with Gasteiger partial charge in [-0.25, -0.2) is 8.78 Å². The Bertz CT molecular complexity index is 473. The molecule has 98 valence electrons. The summed E-state index contributed by atoms with van der Waals surface area (Å²) in [5.41, 5.74) is 5.56. The monoisotopic (exact) mass is 288 g/mol. The lowest BCUT2D eigenvalue weighted by Crippen LogP contribution is -2.32. The molecule has 1 aliphatic heterocycles. The topological polar surface area (TPSA) is 29.3 Å². The molecule has 2 nitrogen and oxygen atoms in total. The van der Waals surface area contributed by atoms with Gasteiger partial charge in [-0.05, 0) is 24.3 Å². The Labute approximate surface area is 115 Å². The summed E-state index contributed by atoms with van der Waals surface area (Å²) in [6.45, 7) is 0. The third-order valence-corrected chi connectivity index (χ3v) is 4.53. The van der Waals surface area contributed by atoms with Crippen molar-refractivity contribution in [3.8, 4) is 0 Å². The first-order valence-corrected chi connectivity index (χ1v) is 7.17. The molecule has 1 saturated heterocycles. The number of hydrogen-bond donors (Lipinski definition) is 1. The molecule has 1 atom stereocenters. The van der Waals surface area contributed by atoms with E-state index in [0.29, 0.717) is 0 Å². The molecule has 1 aromatic carbocycles. The van der Waals surface area contributed by atoms with Gasteiger partial charge in [-0.15, -0.1) is 0 Å². The second kappa shape index (κ2) is 5.40. The Balaban J connectivity index is 2.34. The number of thioether (sulfide) groups is 1. The lowest BCUT2D eigenvalue weighted by atomic mass is 10.1. The van der Waals surface area contributed by atoms with Gasteiger partial charge in [-0.2, -0.15) is 11.8 Å². The van der Waals surface area contributed by atoms with E-state index < -0.39 is 11.6 Å². The number of benzene rings is 1. The van der Waals surface area contributed by atoms with Crippen molar-refractivity contribution in [2.75, 3.05) is 23.5 Å². The van der Waals surface area contributed by atoms with Crippen molar-refractivity contribution in [2.45, 2.75) is 12.5 Å². The number of halogens is 2. The minimum absolute atomic E-state index is 0.0413. The first-order valence-electron chi connectivity index (χ1n) is 5.60. The summed E-state index contributed by atoms with van der Waals surface area (Å²) in [6, 6.07) is 3.23. The van der Waals surface area contributed by atoms with Gasteiger partial charge in [0.2, 0.25) is 0 Å². The van der Waals surface area contributed by atoms with Crippen molar-refractivity contribution < 1.29 is 8.78 Å². The first kappa shape index (κ1) is 13.5. The van der Waals surface area contributed by atoms with E-state index in [0.717, 1.165) is 17.9 Å². The zero-order chi connectivity index (χ0) is 13.3. The van der Waals surface area contributed by atoms with E-state index in [4.69, 9.17) is 5.73 Å². The van der Waals surface area contributed by atoms with Gasteiger partial charge in [0.25, 0.3) is 0 Å². The van der Waals surface area contributed by atoms with Gasteiger partial charge in [0, 0.05) is 24.4 Å². The fourth-order valence-electron chi connectivity index (χ4n) is 2.03. The van der Waals surface area contributed by atoms with Crippen LogP contribution in [0, 0.1) is 11.6 Å². The van der Waals surface area contributed by atoms with Crippen molar-refractivity contribution in [3.05, 3.63) is 29.3 Å². The minimum atomic E-state index is -0.961. The number of hydrogen-bond acceptors (Lipinski definition) is 3. The zero-order valence-corrected chi connectivity index (χ0v) is 11.6. The molecule has 1 heterocycles. The van der Waals surface area contributed by atoms with Crippen LogP contribution in [-0.2, 0) is 0 Å². The van der Waals surface area contributed by atoms with Gasteiger partial charge in [-0.3, -0.25) is 0 Å². The number of nitrogens with two attached hydrogens (primary N) is 1. The van der Waals surface area contributed by atoms with E-state index in [1.807, 2.05) is 11.8 Å². The highest BCUT2D eigenvalue weighted by atomic mass is 32.2. The molecule has 6 heteroatoms. The van der Waals surface area contributed by atoms with Crippen LogP contribution in [0.25, 0.3) is 0 Å². The first-order chi connectivity index (χ1) is 8.52. The standard InChI is InChI=1S/C12H14F2N2S2/c1-16(7-4-5-18-6-7)9-3-2-8(12(15)17)10(13)11(9)14/h2-3,7H,4-6H2,1H3,(H2,15,17). The summed E-state index contributed by atoms with van der Waals surface area (Å²) in [5, 5.41) is 0. The fourth-order valence-corrected chi connectivity index (χ4v) is 3.45. The third-order valence-electron chi connectivity index (χ3n) is 3.16. The maximum atomic E-state index is 14.0. The van der Waals surface area contributed by atoms with Crippen LogP contribution < -0.4 is 10.6 Å². The zero-order valence-electron chi connectivity index (χ0n) is 9.95. The molecule has 2 N–H and O–H groups in total. The Morgan fingerprint density at radius 1 is 1.44 bits per heavy atom. The molecular formula is C12H14F2N2S2. The van der Waals surface area contributed by atoms with E-state index in [1.165, 1.54) is 12.1 Å². The lowest BCUT2D eigenvalue weighted by molar-refractivity contribution is 0.503. The van der Waals surface area contributed by atoms with Crippen molar-refractivity contribution in [3.63, 3.8) is 0 Å². The van der Waals surface area contributed by atoms with Gasteiger partial charge < -0.3 is 10.6 Å². The average Bonchev–Trinajstić information content (AvgIpc) is 2.85. The molecule has 0 bridgehead atoms. The molecule has 0 spiro atoms. The van der Waals surface area contributed by atoms with Crippen molar-refractivity contribution >= 4 is 34.7 Å².